The predicted octanol–water partition coefficient (Wildman–Crippen LogP) is 4.21. The number of hydrogen-bond acceptors (Lipinski definition) is 6. The molecule has 0 saturated carbocycles. The summed E-state index contributed by atoms with van der Waals surface area (Å²) in [6.07, 6.45) is 0.0524. The van der Waals surface area contributed by atoms with E-state index in [0.717, 1.165) is 21.7 Å². The lowest BCUT2D eigenvalue weighted by Crippen LogP contribution is -2.27. The predicted molar refractivity (Wildman–Crippen MR) is 119 cm³/mol. The molecular formula is C24H22N2O4S. The third-order valence-electron chi connectivity index (χ3n) is 5.24. The van der Waals surface area contributed by atoms with Crippen LogP contribution in [0.5, 0.6) is 0 Å². The van der Waals surface area contributed by atoms with Crippen molar-refractivity contribution in [2.45, 2.75) is 20.3 Å². The quantitative estimate of drug-likeness (QED) is 0.429. The summed E-state index contributed by atoms with van der Waals surface area (Å²) in [6, 6.07) is 16.9. The SMILES string of the molecule is Cc1ccc(C(=O)COC(=O)[C@H]2CC(=O)N(c3nc(-c4ccccc4)c(C)s3)C2)cc1. The maximum atomic E-state index is 12.6. The van der Waals surface area contributed by atoms with E-state index in [9.17, 15) is 14.4 Å². The van der Waals surface area contributed by atoms with E-state index >= 15 is 0 Å². The maximum absolute atomic E-state index is 12.6. The second-order valence-electron chi connectivity index (χ2n) is 7.57. The molecule has 0 radical (unpaired) electrons. The number of anilines is 1. The molecule has 158 valence electrons. The summed E-state index contributed by atoms with van der Waals surface area (Å²) in [5.74, 6) is -1.58. The van der Waals surface area contributed by atoms with E-state index in [1.165, 1.54) is 16.2 Å². The summed E-state index contributed by atoms with van der Waals surface area (Å²) >= 11 is 1.43. The molecule has 1 saturated heterocycles. The van der Waals surface area contributed by atoms with Gasteiger partial charge in [0.25, 0.3) is 0 Å². The molecular weight excluding hydrogens is 412 g/mol. The minimum atomic E-state index is -0.609. The fourth-order valence-corrected chi connectivity index (χ4v) is 4.45. The van der Waals surface area contributed by atoms with Crippen LogP contribution >= 0.6 is 11.3 Å². The number of hydrogen-bond donors (Lipinski definition) is 0. The molecule has 7 heteroatoms. The van der Waals surface area contributed by atoms with E-state index in [2.05, 4.69) is 4.98 Å². The number of benzene rings is 2. The molecule has 1 aliphatic rings. The first-order valence-electron chi connectivity index (χ1n) is 10.0. The second-order valence-corrected chi connectivity index (χ2v) is 8.75. The minimum Gasteiger partial charge on any atom is -0.457 e. The van der Waals surface area contributed by atoms with Gasteiger partial charge in [0.05, 0.1) is 11.6 Å². The minimum absolute atomic E-state index is 0.0524. The highest BCUT2D eigenvalue weighted by Crippen LogP contribution is 2.35. The topological polar surface area (TPSA) is 76.6 Å². The first-order valence-corrected chi connectivity index (χ1v) is 10.8. The highest BCUT2D eigenvalue weighted by Gasteiger charge is 2.38. The molecule has 1 aromatic heterocycles. The highest BCUT2D eigenvalue weighted by atomic mass is 32.1. The van der Waals surface area contributed by atoms with E-state index in [4.69, 9.17) is 4.74 Å². The van der Waals surface area contributed by atoms with Crippen LogP contribution < -0.4 is 4.90 Å². The number of esters is 1. The molecule has 1 fully saturated rings. The number of aromatic nitrogens is 1. The molecule has 1 aliphatic heterocycles. The van der Waals surface area contributed by atoms with Crippen molar-refractivity contribution in [2.75, 3.05) is 18.1 Å². The van der Waals surface area contributed by atoms with Crippen molar-refractivity contribution in [1.82, 2.24) is 4.98 Å². The van der Waals surface area contributed by atoms with Gasteiger partial charge in [-0.15, -0.1) is 11.3 Å². The summed E-state index contributed by atoms with van der Waals surface area (Å²) in [7, 11) is 0. The Morgan fingerprint density at radius 3 is 2.52 bits per heavy atom. The molecule has 2 aromatic carbocycles. The summed E-state index contributed by atoms with van der Waals surface area (Å²) in [5, 5.41) is 0.576. The Hall–Kier alpha value is -3.32. The van der Waals surface area contributed by atoms with Crippen molar-refractivity contribution in [3.63, 3.8) is 0 Å². The first-order chi connectivity index (χ1) is 14.9. The van der Waals surface area contributed by atoms with Crippen molar-refractivity contribution in [1.29, 1.82) is 0 Å². The Kier molecular flexibility index (Phi) is 5.95. The Morgan fingerprint density at radius 1 is 1.10 bits per heavy atom. The van der Waals surface area contributed by atoms with E-state index in [1.807, 2.05) is 56.3 Å². The molecule has 2 heterocycles. The smallest absolute Gasteiger partial charge is 0.311 e. The summed E-state index contributed by atoms with van der Waals surface area (Å²) in [4.78, 5) is 44.5. The lowest BCUT2D eigenvalue weighted by Gasteiger charge is -2.12. The van der Waals surface area contributed by atoms with Gasteiger partial charge in [0.15, 0.2) is 17.5 Å². The van der Waals surface area contributed by atoms with Crippen LogP contribution in [-0.2, 0) is 14.3 Å². The van der Waals surface area contributed by atoms with Gasteiger partial charge < -0.3 is 4.74 Å². The fourth-order valence-electron chi connectivity index (χ4n) is 3.49. The van der Waals surface area contributed by atoms with Gasteiger partial charge in [-0.3, -0.25) is 19.3 Å². The molecule has 0 aliphatic carbocycles. The van der Waals surface area contributed by atoms with Crippen molar-refractivity contribution in [3.05, 3.63) is 70.6 Å². The number of aryl methyl sites for hydroxylation is 2. The van der Waals surface area contributed by atoms with Crippen LogP contribution in [0.15, 0.2) is 54.6 Å². The Balaban J connectivity index is 1.39. The fraction of sp³-hybridized carbons (Fsp3) is 0.250. The number of amides is 1. The first kappa shape index (κ1) is 20.9. The zero-order valence-electron chi connectivity index (χ0n) is 17.3. The van der Waals surface area contributed by atoms with E-state index in [-0.39, 0.29) is 31.3 Å². The van der Waals surface area contributed by atoms with Crippen LogP contribution in [0, 0.1) is 19.8 Å². The van der Waals surface area contributed by atoms with Crippen LogP contribution in [0.4, 0.5) is 5.13 Å². The second kappa shape index (κ2) is 8.81. The Morgan fingerprint density at radius 2 is 1.81 bits per heavy atom. The molecule has 1 amide bonds. The lowest BCUT2D eigenvalue weighted by atomic mass is 10.1. The molecule has 1 atom stereocenters. The van der Waals surface area contributed by atoms with Crippen LogP contribution in [-0.4, -0.2) is 35.8 Å². The van der Waals surface area contributed by atoms with Gasteiger partial charge in [0, 0.05) is 29.0 Å². The number of ketones is 1. The number of carbonyl (C=O) groups is 3. The van der Waals surface area contributed by atoms with Gasteiger partial charge >= 0.3 is 5.97 Å². The summed E-state index contributed by atoms with van der Waals surface area (Å²) in [5.41, 5.74) is 3.36. The summed E-state index contributed by atoms with van der Waals surface area (Å²) < 4.78 is 5.22. The monoisotopic (exact) mass is 434 g/mol. The van der Waals surface area contributed by atoms with Crippen LogP contribution in [0.25, 0.3) is 11.3 Å². The van der Waals surface area contributed by atoms with Gasteiger partial charge in [-0.1, -0.05) is 60.2 Å². The molecule has 0 unspecified atom stereocenters. The van der Waals surface area contributed by atoms with Gasteiger partial charge in [-0.05, 0) is 13.8 Å². The maximum Gasteiger partial charge on any atom is 0.311 e. The third-order valence-corrected chi connectivity index (χ3v) is 6.23. The van der Waals surface area contributed by atoms with E-state index in [0.29, 0.717) is 10.7 Å². The van der Waals surface area contributed by atoms with Crippen molar-refractivity contribution in [2.24, 2.45) is 5.92 Å². The molecule has 0 bridgehead atoms. The highest BCUT2D eigenvalue weighted by molar-refractivity contribution is 7.16. The zero-order valence-corrected chi connectivity index (χ0v) is 18.1. The number of rotatable bonds is 6. The van der Waals surface area contributed by atoms with E-state index in [1.54, 1.807) is 12.1 Å². The lowest BCUT2D eigenvalue weighted by molar-refractivity contribution is -0.147. The van der Waals surface area contributed by atoms with Crippen molar-refractivity contribution < 1.29 is 19.1 Å². The van der Waals surface area contributed by atoms with Gasteiger partial charge in [-0.25, -0.2) is 4.98 Å². The molecule has 0 N–H and O–H groups in total. The number of thiazole rings is 1. The van der Waals surface area contributed by atoms with E-state index < -0.39 is 11.9 Å². The number of Topliss-reactive ketones (excluding diaryl/α,β-unsaturated/α-hetero) is 1. The third kappa shape index (κ3) is 4.56. The number of carbonyl (C=O) groups excluding carboxylic acids is 3. The molecule has 6 nitrogen and oxygen atoms in total. The molecule has 4 rings (SSSR count). The molecule has 0 spiro atoms. The number of nitrogens with zero attached hydrogens (tertiary/aromatic N) is 2. The standard InChI is InChI=1S/C24H22N2O4S/c1-15-8-10-17(11-9-15)20(27)14-30-23(29)19-12-21(28)26(13-19)24-25-22(16(2)31-24)18-6-4-3-5-7-18/h3-11,19H,12-14H2,1-2H3/t19-/m0/s1. The average molecular weight is 435 g/mol. The molecule has 3 aromatic rings. The number of ether oxygens (including phenoxy) is 1. The average Bonchev–Trinajstić information content (AvgIpc) is 3.35. The van der Waals surface area contributed by atoms with Crippen molar-refractivity contribution >= 4 is 34.1 Å². The van der Waals surface area contributed by atoms with Gasteiger partial charge in [-0.2, -0.15) is 0 Å². The Labute approximate surface area is 184 Å². The van der Waals surface area contributed by atoms with Gasteiger partial charge in [0.1, 0.15) is 0 Å². The van der Waals surface area contributed by atoms with Gasteiger partial charge in [0.2, 0.25) is 5.91 Å². The zero-order chi connectivity index (χ0) is 22.0. The molecule has 31 heavy (non-hydrogen) atoms. The Bertz CT molecular complexity index is 1120. The van der Waals surface area contributed by atoms with Crippen LogP contribution in [0.1, 0.15) is 27.2 Å². The van der Waals surface area contributed by atoms with Crippen LogP contribution in [0.3, 0.4) is 0 Å². The van der Waals surface area contributed by atoms with Crippen molar-refractivity contribution in [3.8, 4) is 11.3 Å². The summed E-state index contributed by atoms with van der Waals surface area (Å²) in [6.45, 7) is 3.77. The van der Waals surface area contributed by atoms with Crippen LogP contribution in [0.2, 0.25) is 0 Å². The largest absolute Gasteiger partial charge is 0.457 e. The normalized spacial score (nSPS) is 15.9.